The summed E-state index contributed by atoms with van der Waals surface area (Å²) >= 11 is 6.12. The summed E-state index contributed by atoms with van der Waals surface area (Å²) in [6.45, 7) is 9.65. The summed E-state index contributed by atoms with van der Waals surface area (Å²) in [6.07, 6.45) is 1.96. The third kappa shape index (κ3) is 7.59. The lowest BCUT2D eigenvalue weighted by Crippen LogP contribution is -2.41. The van der Waals surface area contributed by atoms with Gasteiger partial charge in [-0.15, -0.1) is 0 Å². The van der Waals surface area contributed by atoms with E-state index in [-0.39, 0.29) is 41.6 Å². The van der Waals surface area contributed by atoms with Crippen LogP contribution in [0.25, 0.3) is 0 Å². The first kappa shape index (κ1) is 28.4. The molecule has 0 unspecified atom stereocenters. The zero-order valence-electron chi connectivity index (χ0n) is 21.3. The van der Waals surface area contributed by atoms with Crippen LogP contribution in [0.3, 0.4) is 0 Å². The van der Waals surface area contributed by atoms with Gasteiger partial charge in [-0.1, -0.05) is 45.4 Å². The molecule has 0 fully saturated rings. The number of hydrogen-bond acceptors (Lipinski definition) is 7. The number of carbonyl (C=O) groups is 2. The molecule has 0 aliphatic rings. The van der Waals surface area contributed by atoms with Crippen LogP contribution in [0, 0.1) is 17.8 Å². The third-order valence-corrected chi connectivity index (χ3v) is 6.47. The number of ketones is 1. The Morgan fingerprint density at radius 3 is 2.37 bits per heavy atom. The van der Waals surface area contributed by atoms with Gasteiger partial charge in [-0.2, -0.15) is 0 Å². The van der Waals surface area contributed by atoms with Crippen molar-refractivity contribution < 1.29 is 28.9 Å². The van der Waals surface area contributed by atoms with Crippen LogP contribution < -0.4 is 9.47 Å². The van der Waals surface area contributed by atoms with Gasteiger partial charge in [0.25, 0.3) is 0 Å². The van der Waals surface area contributed by atoms with Crippen molar-refractivity contribution in [2.75, 3.05) is 7.11 Å². The number of rotatable bonds is 13. The van der Waals surface area contributed by atoms with Crippen LogP contribution in [0.15, 0.2) is 36.5 Å². The van der Waals surface area contributed by atoms with E-state index in [0.29, 0.717) is 10.8 Å². The lowest BCUT2D eigenvalue weighted by molar-refractivity contribution is -0.161. The second-order valence-corrected chi connectivity index (χ2v) is 9.38. The van der Waals surface area contributed by atoms with Crippen molar-refractivity contribution >= 4 is 23.4 Å². The molecule has 0 bridgehead atoms. The van der Waals surface area contributed by atoms with Gasteiger partial charge in [0.05, 0.1) is 13.0 Å². The van der Waals surface area contributed by atoms with E-state index >= 15 is 0 Å². The highest BCUT2D eigenvalue weighted by atomic mass is 35.5. The second-order valence-electron chi connectivity index (χ2n) is 8.95. The second kappa shape index (κ2) is 13.3. The van der Waals surface area contributed by atoms with Crippen molar-refractivity contribution in [3.05, 3.63) is 47.2 Å². The fourth-order valence-electron chi connectivity index (χ4n) is 4.06. The largest absolute Gasteiger partial charge is 0.503 e. The normalized spacial score (nSPS) is 13.9. The minimum absolute atomic E-state index is 0.130. The number of esters is 1. The predicted octanol–water partition coefficient (Wildman–Crippen LogP) is 6.11. The molecule has 192 valence electrons. The Morgan fingerprint density at radius 2 is 1.80 bits per heavy atom. The molecule has 2 aromatic rings. The van der Waals surface area contributed by atoms with Crippen molar-refractivity contribution in [2.45, 2.75) is 66.1 Å². The molecule has 7 nitrogen and oxygen atoms in total. The topological polar surface area (TPSA) is 95.0 Å². The van der Waals surface area contributed by atoms with Crippen LogP contribution >= 0.6 is 11.6 Å². The first-order valence-electron chi connectivity index (χ1n) is 12.0. The van der Waals surface area contributed by atoms with Crippen LogP contribution in [0.5, 0.6) is 17.2 Å². The molecule has 35 heavy (non-hydrogen) atoms. The van der Waals surface area contributed by atoms with E-state index < -0.39 is 23.8 Å². The molecule has 1 aromatic carbocycles. The van der Waals surface area contributed by atoms with E-state index in [1.165, 1.54) is 19.4 Å². The van der Waals surface area contributed by atoms with Crippen molar-refractivity contribution in [1.29, 1.82) is 0 Å². The zero-order chi connectivity index (χ0) is 26.1. The van der Waals surface area contributed by atoms with Gasteiger partial charge in [-0.3, -0.25) is 9.59 Å². The number of ether oxygens (including phenoxy) is 3. The average Bonchev–Trinajstić information content (AvgIpc) is 2.82. The maximum atomic E-state index is 13.2. The van der Waals surface area contributed by atoms with Crippen LogP contribution in [-0.2, 0) is 9.53 Å². The van der Waals surface area contributed by atoms with Gasteiger partial charge in [0, 0.05) is 23.7 Å². The van der Waals surface area contributed by atoms with Crippen molar-refractivity contribution in [3.63, 3.8) is 0 Å². The Bertz CT molecular complexity index is 991. The SMILES string of the molecule is CCC(CC)[C@@H](Oc1cccc(Cl)c1)[C@H](C)OC(=O)[C@@H](CC(=O)c1nccc(OC)c1O)C(C)C. The van der Waals surface area contributed by atoms with Crippen LogP contribution in [0.2, 0.25) is 5.02 Å². The number of aromatic hydroxyl groups is 1. The Kier molecular flexibility index (Phi) is 10.8. The molecule has 0 saturated heterocycles. The molecule has 0 amide bonds. The van der Waals surface area contributed by atoms with Crippen molar-refractivity contribution in [3.8, 4) is 17.2 Å². The first-order valence-corrected chi connectivity index (χ1v) is 12.4. The fourth-order valence-corrected chi connectivity index (χ4v) is 4.24. The van der Waals surface area contributed by atoms with E-state index in [9.17, 15) is 14.7 Å². The highest BCUT2D eigenvalue weighted by molar-refractivity contribution is 6.30. The first-order chi connectivity index (χ1) is 16.6. The minimum Gasteiger partial charge on any atom is -0.503 e. The molecule has 0 aliphatic heterocycles. The number of aromatic nitrogens is 1. The zero-order valence-corrected chi connectivity index (χ0v) is 22.0. The quantitative estimate of drug-likeness (QED) is 0.259. The summed E-state index contributed by atoms with van der Waals surface area (Å²) in [6, 6.07) is 8.58. The van der Waals surface area contributed by atoms with Crippen LogP contribution in [0.1, 0.15) is 64.4 Å². The average molecular weight is 506 g/mol. The molecule has 8 heteroatoms. The van der Waals surface area contributed by atoms with Gasteiger partial charge in [0.2, 0.25) is 0 Å². The Morgan fingerprint density at radius 1 is 1.11 bits per heavy atom. The van der Waals surface area contributed by atoms with Gasteiger partial charge in [-0.25, -0.2) is 4.98 Å². The van der Waals surface area contributed by atoms with Crippen molar-refractivity contribution in [1.82, 2.24) is 4.98 Å². The summed E-state index contributed by atoms with van der Waals surface area (Å²) < 4.78 is 17.2. The maximum absolute atomic E-state index is 13.2. The van der Waals surface area contributed by atoms with Gasteiger partial charge in [-0.05, 0) is 49.8 Å². The Hall–Kier alpha value is -2.80. The monoisotopic (exact) mass is 505 g/mol. The van der Waals surface area contributed by atoms with E-state index in [4.69, 9.17) is 25.8 Å². The Labute approximate surface area is 212 Å². The van der Waals surface area contributed by atoms with E-state index in [0.717, 1.165) is 12.8 Å². The van der Waals surface area contributed by atoms with Crippen molar-refractivity contribution in [2.24, 2.45) is 17.8 Å². The molecule has 1 aromatic heterocycles. The molecule has 3 atom stereocenters. The van der Waals surface area contributed by atoms with Gasteiger partial charge in [0.15, 0.2) is 23.0 Å². The van der Waals surface area contributed by atoms with Gasteiger partial charge in [0.1, 0.15) is 18.0 Å². The lowest BCUT2D eigenvalue weighted by atomic mass is 9.89. The summed E-state index contributed by atoms with van der Waals surface area (Å²) in [5.74, 6) is -1.29. The van der Waals surface area contributed by atoms with Crippen LogP contribution in [-0.4, -0.2) is 41.2 Å². The number of benzene rings is 1. The minimum atomic E-state index is -0.717. The van der Waals surface area contributed by atoms with Gasteiger partial charge < -0.3 is 19.3 Å². The molecule has 1 heterocycles. The van der Waals surface area contributed by atoms with E-state index in [1.807, 2.05) is 19.9 Å². The molecule has 0 spiro atoms. The molecule has 0 aliphatic carbocycles. The van der Waals surface area contributed by atoms with Gasteiger partial charge >= 0.3 is 5.97 Å². The highest BCUT2D eigenvalue weighted by Crippen LogP contribution is 2.31. The third-order valence-electron chi connectivity index (χ3n) is 6.23. The number of nitrogens with zero attached hydrogens (tertiary/aromatic N) is 1. The number of carbonyl (C=O) groups excluding carboxylic acids is 2. The number of halogens is 1. The number of hydrogen-bond donors (Lipinski definition) is 1. The highest BCUT2D eigenvalue weighted by Gasteiger charge is 2.34. The number of Topliss-reactive ketones (excluding diaryl/α,β-unsaturated/α-hetero) is 1. The summed E-state index contributed by atoms with van der Waals surface area (Å²) in [5, 5.41) is 10.9. The predicted molar refractivity (Wildman–Crippen MR) is 135 cm³/mol. The lowest BCUT2D eigenvalue weighted by Gasteiger charge is -2.32. The number of pyridine rings is 1. The number of methoxy groups -OCH3 is 1. The summed E-state index contributed by atoms with van der Waals surface area (Å²) in [5.41, 5.74) is -0.130. The summed E-state index contributed by atoms with van der Waals surface area (Å²) in [4.78, 5) is 30.1. The Balaban J connectivity index is 2.20. The van der Waals surface area contributed by atoms with Crippen LogP contribution in [0.4, 0.5) is 0 Å². The van der Waals surface area contributed by atoms with E-state index in [1.54, 1.807) is 25.1 Å². The molecular weight excluding hydrogens is 470 g/mol. The molecule has 1 N–H and O–H groups in total. The fraction of sp³-hybridized carbons (Fsp3) is 0.519. The smallest absolute Gasteiger partial charge is 0.310 e. The molecular formula is C27H36ClNO6. The van der Waals surface area contributed by atoms with E-state index in [2.05, 4.69) is 18.8 Å². The molecule has 0 saturated carbocycles. The standard InChI is InChI=1S/C27H36ClNO6/c1-7-18(8-2)26(35-20-11-9-10-19(28)14-20)17(5)34-27(32)21(16(3)4)15-22(30)24-25(31)23(33-6)12-13-29-24/h9-14,16-18,21,26,31H,7-8,15H2,1-6H3/t17-,21-,26-/m0/s1. The maximum Gasteiger partial charge on any atom is 0.310 e. The summed E-state index contributed by atoms with van der Waals surface area (Å²) in [7, 11) is 1.39. The molecule has 2 rings (SSSR count). The molecule has 0 radical (unpaired) electrons.